The highest BCUT2D eigenvalue weighted by Gasteiger charge is 2.33. The maximum atomic E-state index is 13.1. The molecule has 0 saturated heterocycles. The van der Waals surface area contributed by atoms with Crippen LogP contribution in [0.5, 0.6) is 11.6 Å². The summed E-state index contributed by atoms with van der Waals surface area (Å²) in [7, 11) is 0. The monoisotopic (exact) mass is 427 g/mol. The normalized spacial score (nSPS) is 17.3. The Hall–Kier alpha value is -4.00. The molecule has 0 aliphatic heterocycles. The summed E-state index contributed by atoms with van der Waals surface area (Å²) in [5.74, 6) is 0.723. The molecule has 1 unspecified atom stereocenters. The molecule has 0 radical (unpaired) electrons. The molecule has 1 aliphatic carbocycles. The smallest absolute Gasteiger partial charge is 0.252 e. The van der Waals surface area contributed by atoms with E-state index in [0.717, 1.165) is 6.42 Å². The second-order valence-corrected chi connectivity index (χ2v) is 7.95. The molecule has 7 heteroatoms. The minimum absolute atomic E-state index is 0.194. The lowest BCUT2D eigenvalue weighted by atomic mass is 9.80. The number of hydrogen-bond acceptors (Lipinski definition) is 6. The van der Waals surface area contributed by atoms with Gasteiger partial charge in [0.05, 0.1) is 22.5 Å². The Balaban J connectivity index is 1.61. The average Bonchev–Trinajstić information content (AvgIpc) is 2.82. The van der Waals surface area contributed by atoms with Crippen LogP contribution in [0.2, 0.25) is 0 Å². The molecular formula is C25H25N5O2. The van der Waals surface area contributed by atoms with Gasteiger partial charge in [-0.25, -0.2) is 15.0 Å². The lowest BCUT2D eigenvalue weighted by Gasteiger charge is -2.36. The van der Waals surface area contributed by atoms with Gasteiger partial charge in [0.15, 0.2) is 5.75 Å². The first-order valence-corrected chi connectivity index (χ1v) is 10.4. The van der Waals surface area contributed by atoms with Crippen LogP contribution in [0.25, 0.3) is 11.3 Å². The van der Waals surface area contributed by atoms with Gasteiger partial charge < -0.3 is 15.8 Å². The van der Waals surface area contributed by atoms with E-state index in [1.54, 1.807) is 42.7 Å². The number of carbonyl (C=O) groups excluding carboxylic acids is 1. The van der Waals surface area contributed by atoms with Crippen molar-refractivity contribution in [3.63, 3.8) is 0 Å². The second kappa shape index (κ2) is 9.01. The van der Waals surface area contributed by atoms with Gasteiger partial charge in [0, 0.05) is 18.0 Å². The molecule has 3 N–H and O–H groups in total. The molecule has 0 fully saturated rings. The number of allylic oxidation sites excluding steroid dienone is 2. The molecule has 1 atom stereocenters. The first-order chi connectivity index (χ1) is 15.5. The van der Waals surface area contributed by atoms with Crippen LogP contribution in [0.1, 0.15) is 30.6 Å². The SMILES string of the molecule is CC(C)C1(NC(=O)c2ccc(N)c(Oc3ncccc3-c3ccncn3)c2)C=CC=CC1. The number of amides is 1. The largest absolute Gasteiger partial charge is 0.436 e. The molecule has 1 aliphatic rings. The molecule has 7 nitrogen and oxygen atoms in total. The molecule has 2 heterocycles. The van der Waals surface area contributed by atoms with Crippen molar-refractivity contribution in [1.82, 2.24) is 20.3 Å². The van der Waals surface area contributed by atoms with E-state index in [9.17, 15) is 4.79 Å². The van der Waals surface area contributed by atoms with Crippen LogP contribution in [0.4, 0.5) is 5.69 Å². The Labute approximate surface area is 187 Å². The van der Waals surface area contributed by atoms with Gasteiger partial charge in [-0.1, -0.05) is 38.2 Å². The maximum absolute atomic E-state index is 13.1. The third-order valence-electron chi connectivity index (χ3n) is 5.58. The lowest BCUT2D eigenvalue weighted by molar-refractivity contribution is 0.0896. The van der Waals surface area contributed by atoms with Gasteiger partial charge in [-0.3, -0.25) is 4.79 Å². The van der Waals surface area contributed by atoms with Crippen LogP contribution in [-0.2, 0) is 0 Å². The van der Waals surface area contributed by atoms with Crippen molar-refractivity contribution in [2.75, 3.05) is 5.73 Å². The zero-order chi connectivity index (χ0) is 22.6. The van der Waals surface area contributed by atoms with Gasteiger partial charge in [0.2, 0.25) is 5.88 Å². The van der Waals surface area contributed by atoms with Crippen LogP contribution in [-0.4, -0.2) is 26.4 Å². The molecular weight excluding hydrogens is 402 g/mol. The summed E-state index contributed by atoms with van der Waals surface area (Å²) in [6.07, 6.45) is 13.5. The summed E-state index contributed by atoms with van der Waals surface area (Å²) in [4.78, 5) is 25.7. The zero-order valence-corrected chi connectivity index (χ0v) is 18.0. The molecule has 1 amide bonds. The van der Waals surface area contributed by atoms with Crippen molar-refractivity contribution in [2.24, 2.45) is 5.92 Å². The second-order valence-electron chi connectivity index (χ2n) is 7.95. The highest BCUT2D eigenvalue weighted by atomic mass is 16.5. The standard InChI is InChI=1S/C25H25N5O2/c1-17(2)25(11-4-3-5-12-25)30-23(31)18-8-9-20(26)22(15-18)32-24-19(7-6-13-28-24)21-10-14-27-16-29-21/h3-11,13-17H,12,26H2,1-2H3,(H,30,31). The highest BCUT2D eigenvalue weighted by Crippen LogP contribution is 2.34. The molecule has 0 spiro atoms. The van der Waals surface area contributed by atoms with E-state index in [-0.39, 0.29) is 11.8 Å². The van der Waals surface area contributed by atoms with Crippen molar-refractivity contribution in [3.05, 3.63) is 85.0 Å². The Morgan fingerprint density at radius 3 is 2.75 bits per heavy atom. The topological polar surface area (TPSA) is 103 Å². The van der Waals surface area contributed by atoms with Gasteiger partial charge in [-0.2, -0.15) is 0 Å². The third-order valence-corrected chi connectivity index (χ3v) is 5.58. The molecule has 0 saturated carbocycles. The average molecular weight is 428 g/mol. The Morgan fingerprint density at radius 1 is 1.16 bits per heavy atom. The van der Waals surface area contributed by atoms with E-state index in [4.69, 9.17) is 10.5 Å². The van der Waals surface area contributed by atoms with E-state index in [1.807, 2.05) is 24.3 Å². The number of nitrogen functional groups attached to an aromatic ring is 1. The lowest BCUT2D eigenvalue weighted by Crippen LogP contribution is -2.51. The number of hydrogen-bond donors (Lipinski definition) is 2. The molecule has 162 valence electrons. The first-order valence-electron chi connectivity index (χ1n) is 10.4. The third kappa shape index (κ3) is 4.37. The van der Waals surface area contributed by atoms with Gasteiger partial charge in [-0.15, -0.1) is 0 Å². The number of nitrogens with two attached hydrogens (primary N) is 1. The van der Waals surface area contributed by atoms with E-state index in [2.05, 4.69) is 40.2 Å². The number of ether oxygens (including phenoxy) is 1. The summed E-state index contributed by atoms with van der Waals surface area (Å²) < 4.78 is 6.05. The summed E-state index contributed by atoms with van der Waals surface area (Å²) in [5, 5.41) is 3.19. The Morgan fingerprint density at radius 2 is 2.03 bits per heavy atom. The number of carbonyl (C=O) groups is 1. The number of pyridine rings is 1. The summed E-state index contributed by atoms with van der Waals surface area (Å²) >= 11 is 0. The molecule has 4 rings (SSSR count). The number of nitrogens with zero attached hydrogens (tertiary/aromatic N) is 3. The molecule has 32 heavy (non-hydrogen) atoms. The van der Waals surface area contributed by atoms with Gasteiger partial charge in [0.1, 0.15) is 6.33 Å². The predicted molar refractivity (Wildman–Crippen MR) is 124 cm³/mol. The number of anilines is 1. The van der Waals surface area contributed by atoms with Crippen LogP contribution < -0.4 is 15.8 Å². The van der Waals surface area contributed by atoms with Crippen molar-refractivity contribution in [1.29, 1.82) is 0 Å². The molecule has 3 aromatic rings. The van der Waals surface area contributed by atoms with E-state index >= 15 is 0 Å². The predicted octanol–water partition coefficient (Wildman–Crippen LogP) is 4.55. The number of nitrogens with one attached hydrogen (secondary N) is 1. The van der Waals surface area contributed by atoms with E-state index in [0.29, 0.717) is 34.1 Å². The van der Waals surface area contributed by atoms with E-state index < -0.39 is 5.54 Å². The molecule has 2 aromatic heterocycles. The Bertz CT molecular complexity index is 1170. The number of rotatable bonds is 6. The van der Waals surface area contributed by atoms with Crippen LogP contribution in [0.3, 0.4) is 0 Å². The quantitative estimate of drug-likeness (QED) is 0.559. The minimum Gasteiger partial charge on any atom is -0.436 e. The first kappa shape index (κ1) is 21.2. The fourth-order valence-corrected chi connectivity index (χ4v) is 3.57. The summed E-state index contributed by atoms with van der Waals surface area (Å²) in [5.41, 5.74) is 7.95. The molecule has 1 aromatic carbocycles. The van der Waals surface area contributed by atoms with E-state index in [1.165, 1.54) is 6.33 Å². The van der Waals surface area contributed by atoms with Gasteiger partial charge in [0.25, 0.3) is 5.91 Å². The van der Waals surface area contributed by atoms with Crippen LogP contribution >= 0.6 is 0 Å². The highest BCUT2D eigenvalue weighted by molar-refractivity contribution is 5.96. The maximum Gasteiger partial charge on any atom is 0.252 e. The summed E-state index contributed by atoms with van der Waals surface area (Å²) in [6, 6.07) is 10.4. The Kier molecular flexibility index (Phi) is 5.98. The fourth-order valence-electron chi connectivity index (χ4n) is 3.57. The zero-order valence-electron chi connectivity index (χ0n) is 18.0. The van der Waals surface area contributed by atoms with Gasteiger partial charge >= 0.3 is 0 Å². The number of benzene rings is 1. The fraction of sp³-hybridized carbons (Fsp3) is 0.200. The number of aromatic nitrogens is 3. The molecule has 0 bridgehead atoms. The minimum atomic E-state index is -0.435. The van der Waals surface area contributed by atoms with Crippen molar-refractivity contribution >= 4 is 11.6 Å². The summed E-state index contributed by atoms with van der Waals surface area (Å²) in [6.45, 7) is 4.19. The van der Waals surface area contributed by atoms with Crippen molar-refractivity contribution in [2.45, 2.75) is 25.8 Å². The van der Waals surface area contributed by atoms with Crippen molar-refractivity contribution in [3.8, 4) is 22.9 Å². The van der Waals surface area contributed by atoms with Crippen LogP contribution in [0, 0.1) is 5.92 Å². The van der Waals surface area contributed by atoms with Gasteiger partial charge in [-0.05, 0) is 48.7 Å². The van der Waals surface area contributed by atoms with Crippen LogP contribution in [0.15, 0.2) is 79.4 Å². The van der Waals surface area contributed by atoms with Crippen molar-refractivity contribution < 1.29 is 9.53 Å².